The largest absolute Gasteiger partial charge is 0.337 e. The summed E-state index contributed by atoms with van der Waals surface area (Å²) >= 11 is 0. The topological polar surface area (TPSA) is 44.1 Å². The van der Waals surface area contributed by atoms with E-state index in [1.165, 1.54) is 12.1 Å². The van der Waals surface area contributed by atoms with Gasteiger partial charge in [0.15, 0.2) is 0 Å². The predicted molar refractivity (Wildman–Crippen MR) is 78.1 cm³/mol. The van der Waals surface area contributed by atoms with Crippen LogP contribution in [-0.2, 0) is 6.54 Å². The Balaban J connectivity index is 2.15. The van der Waals surface area contributed by atoms with Crippen LogP contribution in [0.15, 0.2) is 42.5 Å². The average molecular weight is 282 g/mol. The second kappa shape index (κ2) is 6.19. The highest BCUT2D eigenvalue weighted by Crippen LogP contribution is 2.13. The van der Waals surface area contributed by atoms with Crippen LogP contribution in [0.25, 0.3) is 0 Å². The van der Waals surface area contributed by atoms with E-state index in [4.69, 9.17) is 5.26 Å². The van der Waals surface area contributed by atoms with Crippen LogP contribution in [0.1, 0.15) is 27.0 Å². The van der Waals surface area contributed by atoms with E-state index in [9.17, 15) is 9.18 Å². The molecule has 0 spiro atoms. The lowest BCUT2D eigenvalue weighted by atomic mass is 10.1. The molecule has 0 radical (unpaired) electrons. The second-order valence-corrected chi connectivity index (χ2v) is 4.94. The fourth-order valence-electron chi connectivity index (χ4n) is 2.08. The molecule has 0 bridgehead atoms. The number of hydrogen-bond donors (Lipinski definition) is 0. The van der Waals surface area contributed by atoms with E-state index in [-0.39, 0.29) is 11.7 Å². The average Bonchev–Trinajstić information content (AvgIpc) is 2.49. The van der Waals surface area contributed by atoms with Gasteiger partial charge in [0.1, 0.15) is 5.82 Å². The van der Waals surface area contributed by atoms with Gasteiger partial charge in [-0.3, -0.25) is 4.79 Å². The Morgan fingerprint density at radius 3 is 2.71 bits per heavy atom. The van der Waals surface area contributed by atoms with E-state index in [1.807, 2.05) is 6.07 Å². The van der Waals surface area contributed by atoms with Gasteiger partial charge in [0.2, 0.25) is 0 Å². The van der Waals surface area contributed by atoms with Crippen LogP contribution in [0.2, 0.25) is 0 Å². The Morgan fingerprint density at radius 1 is 1.29 bits per heavy atom. The SMILES string of the molecule is Cc1cc(C(=O)N(C)Cc2cccc(C#N)c2)ccc1F. The monoisotopic (exact) mass is 282 g/mol. The van der Waals surface area contributed by atoms with E-state index in [2.05, 4.69) is 6.07 Å². The highest BCUT2D eigenvalue weighted by molar-refractivity contribution is 5.94. The number of rotatable bonds is 3. The molecular formula is C17H15FN2O. The highest BCUT2D eigenvalue weighted by atomic mass is 19.1. The van der Waals surface area contributed by atoms with Gasteiger partial charge in [0, 0.05) is 19.2 Å². The molecule has 2 rings (SSSR count). The van der Waals surface area contributed by atoms with E-state index in [1.54, 1.807) is 43.1 Å². The van der Waals surface area contributed by atoms with E-state index in [0.717, 1.165) is 5.56 Å². The van der Waals surface area contributed by atoms with Crippen LogP contribution in [0.5, 0.6) is 0 Å². The number of carbonyl (C=O) groups is 1. The van der Waals surface area contributed by atoms with Crippen LogP contribution >= 0.6 is 0 Å². The number of hydrogen-bond acceptors (Lipinski definition) is 2. The second-order valence-electron chi connectivity index (χ2n) is 4.94. The van der Waals surface area contributed by atoms with Crippen molar-refractivity contribution in [3.63, 3.8) is 0 Å². The maximum Gasteiger partial charge on any atom is 0.253 e. The van der Waals surface area contributed by atoms with Crippen molar-refractivity contribution >= 4 is 5.91 Å². The molecule has 0 fully saturated rings. The van der Waals surface area contributed by atoms with Gasteiger partial charge < -0.3 is 4.90 Å². The quantitative estimate of drug-likeness (QED) is 0.867. The van der Waals surface area contributed by atoms with Gasteiger partial charge in [-0.15, -0.1) is 0 Å². The third-order valence-corrected chi connectivity index (χ3v) is 3.23. The Morgan fingerprint density at radius 2 is 2.05 bits per heavy atom. The van der Waals surface area contributed by atoms with Crippen molar-refractivity contribution in [1.82, 2.24) is 4.90 Å². The number of benzene rings is 2. The molecule has 0 atom stereocenters. The first kappa shape index (κ1) is 14.7. The lowest BCUT2D eigenvalue weighted by molar-refractivity contribution is 0.0785. The summed E-state index contributed by atoms with van der Waals surface area (Å²) in [6.07, 6.45) is 0. The third-order valence-electron chi connectivity index (χ3n) is 3.23. The number of carbonyl (C=O) groups excluding carboxylic acids is 1. The van der Waals surface area contributed by atoms with Gasteiger partial charge >= 0.3 is 0 Å². The lowest BCUT2D eigenvalue weighted by Crippen LogP contribution is -2.26. The minimum Gasteiger partial charge on any atom is -0.337 e. The van der Waals surface area contributed by atoms with Crippen molar-refractivity contribution in [2.24, 2.45) is 0 Å². The highest BCUT2D eigenvalue weighted by Gasteiger charge is 2.13. The van der Waals surface area contributed by atoms with Gasteiger partial charge in [-0.1, -0.05) is 12.1 Å². The van der Waals surface area contributed by atoms with E-state index < -0.39 is 0 Å². The summed E-state index contributed by atoms with van der Waals surface area (Å²) in [5, 5.41) is 8.87. The number of amides is 1. The minimum atomic E-state index is -0.323. The minimum absolute atomic E-state index is 0.180. The fraction of sp³-hybridized carbons (Fsp3) is 0.176. The van der Waals surface area contributed by atoms with Crippen molar-refractivity contribution in [1.29, 1.82) is 5.26 Å². The molecule has 0 N–H and O–H groups in total. The maximum atomic E-state index is 13.2. The number of nitriles is 1. The van der Waals surface area contributed by atoms with Gasteiger partial charge in [0.25, 0.3) is 5.91 Å². The molecule has 106 valence electrons. The molecule has 0 heterocycles. The lowest BCUT2D eigenvalue weighted by Gasteiger charge is -2.18. The summed E-state index contributed by atoms with van der Waals surface area (Å²) in [5.74, 6) is -0.503. The van der Waals surface area contributed by atoms with Crippen molar-refractivity contribution < 1.29 is 9.18 Å². The molecule has 21 heavy (non-hydrogen) atoms. The molecule has 3 nitrogen and oxygen atoms in total. The summed E-state index contributed by atoms with van der Waals surface area (Å²) < 4.78 is 13.2. The molecule has 2 aromatic carbocycles. The van der Waals surface area contributed by atoms with Crippen LogP contribution < -0.4 is 0 Å². The summed E-state index contributed by atoms with van der Waals surface area (Å²) in [6, 6.07) is 13.5. The molecule has 1 amide bonds. The Hall–Kier alpha value is -2.67. The first-order valence-electron chi connectivity index (χ1n) is 6.52. The first-order valence-corrected chi connectivity index (χ1v) is 6.52. The molecule has 2 aromatic rings. The molecule has 4 heteroatoms. The summed E-state index contributed by atoms with van der Waals surface area (Å²) in [7, 11) is 1.68. The van der Waals surface area contributed by atoms with Crippen LogP contribution in [0.3, 0.4) is 0 Å². The van der Waals surface area contributed by atoms with Crippen LogP contribution in [0.4, 0.5) is 4.39 Å². The molecule has 0 aliphatic carbocycles. The zero-order valence-electron chi connectivity index (χ0n) is 11.9. The van der Waals surface area contributed by atoms with Crippen molar-refractivity contribution in [3.8, 4) is 6.07 Å². The Kier molecular flexibility index (Phi) is 4.34. The van der Waals surface area contributed by atoms with Gasteiger partial charge in [-0.25, -0.2) is 4.39 Å². The zero-order valence-corrected chi connectivity index (χ0v) is 11.9. The van der Waals surface area contributed by atoms with E-state index in [0.29, 0.717) is 23.2 Å². The van der Waals surface area contributed by atoms with Crippen LogP contribution in [-0.4, -0.2) is 17.9 Å². The molecular weight excluding hydrogens is 267 g/mol. The molecule has 0 aliphatic heterocycles. The fourth-order valence-corrected chi connectivity index (χ4v) is 2.08. The third kappa shape index (κ3) is 3.46. The van der Waals surface area contributed by atoms with Gasteiger partial charge in [0.05, 0.1) is 11.6 Å². The molecule has 0 aromatic heterocycles. The Labute approximate surface area is 123 Å². The first-order chi connectivity index (χ1) is 10.0. The summed E-state index contributed by atoms with van der Waals surface area (Å²) in [4.78, 5) is 13.9. The number of nitrogens with zero attached hydrogens (tertiary/aromatic N) is 2. The normalized spacial score (nSPS) is 10.0. The maximum absolute atomic E-state index is 13.2. The van der Waals surface area contributed by atoms with Crippen LogP contribution in [0, 0.1) is 24.1 Å². The summed E-state index contributed by atoms with van der Waals surface area (Å²) in [6.45, 7) is 2.02. The van der Waals surface area contributed by atoms with Gasteiger partial charge in [-0.2, -0.15) is 5.26 Å². The molecule has 0 unspecified atom stereocenters. The molecule has 0 aliphatic rings. The molecule has 0 saturated heterocycles. The standard InChI is InChI=1S/C17H15FN2O/c1-12-8-15(6-7-16(12)18)17(21)20(2)11-14-5-3-4-13(9-14)10-19/h3-9H,11H2,1-2H3. The number of halogens is 1. The van der Waals surface area contributed by atoms with E-state index >= 15 is 0 Å². The smallest absolute Gasteiger partial charge is 0.253 e. The number of aryl methyl sites for hydroxylation is 1. The Bertz CT molecular complexity index is 719. The van der Waals surface area contributed by atoms with Crippen molar-refractivity contribution in [3.05, 3.63) is 70.5 Å². The summed E-state index contributed by atoms with van der Waals surface area (Å²) in [5.41, 5.74) is 2.34. The predicted octanol–water partition coefficient (Wildman–Crippen LogP) is 3.28. The molecule has 0 saturated carbocycles. The zero-order chi connectivity index (χ0) is 15.4. The van der Waals surface area contributed by atoms with Crippen molar-refractivity contribution in [2.45, 2.75) is 13.5 Å². The van der Waals surface area contributed by atoms with Crippen molar-refractivity contribution in [2.75, 3.05) is 7.05 Å². The van der Waals surface area contributed by atoms with Gasteiger partial charge in [-0.05, 0) is 48.4 Å².